The SMILES string of the molecule is CNC(=O)[C@@H](C)N(Cc1cccc(OC)c1)C(=O)CN(c1ccc(C)cc1C)S(=O)(=O)c1ccc(C)cc1. The van der Waals surface area contributed by atoms with Gasteiger partial charge in [-0.05, 0) is 69.2 Å². The summed E-state index contributed by atoms with van der Waals surface area (Å²) in [7, 11) is -1.06. The standard InChI is InChI=1S/C29H35N3O5S/c1-20-10-13-26(14-11-20)38(35,36)32(27-15-12-21(2)16-22(27)3)19-28(33)31(23(4)29(34)30-5)18-24-8-7-9-25(17-24)37-6/h7-17,23H,18-19H2,1-6H3,(H,30,34)/t23-/m1/s1. The highest BCUT2D eigenvalue weighted by atomic mass is 32.2. The first-order valence-corrected chi connectivity index (χ1v) is 13.7. The Balaban J connectivity index is 2.07. The van der Waals surface area contributed by atoms with Crippen LogP contribution in [0.5, 0.6) is 5.75 Å². The number of anilines is 1. The Labute approximate surface area is 225 Å². The molecule has 38 heavy (non-hydrogen) atoms. The molecule has 9 heteroatoms. The average Bonchev–Trinajstić information content (AvgIpc) is 2.90. The molecule has 0 aromatic heterocycles. The van der Waals surface area contributed by atoms with E-state index in [1.54, 1.807) is 50.4 Å². The summed E-state index contributed by atoms with van der Waals surface area (Å²) < 4.78 is 34.2. The first-order valence-electron chi connectivity index (χ1n) is 12.3. The number of hydrogen-bond acceptors (Lipinski definition) is 5. The first-order chi connectivity index (χ1) is 18.0. The Hall–Kier alpha value is -3.85. The molecular weight excluding hydrogens is 502 g/mol. The van der Waals surface area contributed by atoms with Crippen LogP contribution in [0.2, 0.25) is 0 Å². The van der Waals surface area contributed by atoms with E-state index in [9.17, 15) is 18.0 Å². The lowest BCUT2D eigenvalue weighted by atomic mass is 10.1. The molecule has 3 rings (SSSR count). The summed E-state index contributed by atoms with van der Waals surface area (Å²) in [5.41, 5.74) is 3.75. The molecule has 0 saturated carbocycles. The fraction of sp³-hybridized carbons (Fsp3) is 0.310. The second-order valence-electron chi connectivity index (χ2n) is 9.28. The van der Waals surface area contributed by atoms with Crippen molar-refractivity contribution in [2.75, 3.05) is 25.0 Å². The van der Waals surface area contributed by atoms with Gasteiger partial charge in [0.2, 0.25) is 11.8 Å². The highest BCUT2D eigenvalue weighted by molar-refractivity contribution is 7.92. The van der Waals surface area contributed by atoms with Crippen molar-refractivity contribution in [1.29, 1.82) is 0 Å². The maximum atomic E-state index is 13.9. The molecule has 3 aromatic carbocycles. The quantitative estimate of drug-likeness (QED) is 0.422. The van der Waals surface area contributed by atoms with Gasteiger partial charge < -0.3 is 15.0 Å². The number of benzene rings is 3. The number of aryl methyl sites for hydroxylation is 3. The van der Waals surface area contributed by atoms with Gasteiger partial charge in [0.05, 0.1) is 17.7 Å². The minimum absolute atomic E-state index is 0.0783. The third-order valence-electron chi connectivity index (χ3n) is 6.41. The number of rotatable bonds is 10. The summed E-state index contributed by atoms with van der Waals surface area (Å²) in [6.07, 6.45) is 0. The van der Waals surface area contributed by atoms with Crippen LogP contribution in [-0.4, -0.2) is 51.9 Å². The van der Waals surface area contributed by atoms with E-state index >= 15 is 0 Å². The molecule has 0 aliphatic heterocycles. The smallest absolute Gasteiger partial charge is 0.264 e. The largest absolute Gasteiger partial charge is 0.497 e. The molecule has 0 unspecified atom stereocenters. The Kier molecular flexibility index (Phi) is 9.17. The van der Waals surface area contributed by atoms with Crippen LogP contribution in [0.4, 0.5) is 5.69 Å². The van der Waals surface area contributed by atoms with Gasteiger partial charge in [0.25, 0.3) is 10.0 Å². The van der Waals surface area contributed by atoms with Crippen molar-refractivity contribution in [2.24, 2.45) is 0 Å². The Morgan fingerprint density at radius 2 is 1.61 bits per heavy atom. The third-order valence-corrected chi connectivity index (χ3v) is 8.18. The Bertz CT molecular complexity index is 1400. The monoisotopic (exact) mass is 537 g/mol. The van der Waals surface area contributed by atoms with Gasteiger partial charge in [-0.3, -0.25) is 13.9 Å². The molecule has 0 fully saturated rings. The fourth-order valence-corrected chi connectivity index (χ4v) is 5.67. The van der Waals surface area contributed by atoms with Crippen LogP contribution in [0.1, 0.15) is 29.2 Å². The Morgan fingerprint density at radius 1 is 0.947 bits per heavy atom. The predicted octanol–water partition coefficient (Wildman–Crippen LogP) is 3.98. The molecule has 0 spiro atoms. The zero-order valence-corrected chi connectivity index (χ0v) is 23.5. The van der Waals surface area contributed by atoms with E-state index < -0.39 is 28.5 Å². The number of sulfonamides is 1. The van der Waals surface area contributed by atoms with Crippen LogP contribution in [-0.2, 0) is 26.2 Å². The highest BCUT2D eigenvalue weighted by Gasteiger charge is 2.33. The number of carbonyl (C=O) groups excluding carboxylic acids is 2. The molecule has 2 amide bonds. The summed E-state index contributed by atoms with van der Waals surface area (Å²) in [5, 5.41) is 2.58. The van der Waals surface area contributed by atoms with Crippen molar-refractivity contribution in [3.63, 3.8) is 0 Å². The summed E-state index contributed by atoms with van der Waals surface area (Å²) in [6.45, 7) is 6.83. The molecular formula is C29H35N3O5S. The van der Waals surface area contributed by atoms with Crippen LogP contribution in [0.25, 0.3) is 0 Å². The van der Waals surface area contributed by atoms with Crippen LogP contribution >= 0.6 is 0 Å². The van der Waals surface area contributed by atoms with Gasteiger partial charge in [-0.2, -0.15) is 0 Å². The zero-order valence-electron chi connectivity index (χ0n) is 22.7. The number of amides is 2. The molecule has 1 N–H and O–H groups in total. The third kappa shape index (κ3) is 6.52. The maximum Gasteiger partial charge on any atom is 0.264 e. The molecule has 0 bridgehead atoms. The van der Waals surface area contributed by atoms with Gasteiger partial charge in [-0.25, -0.2) is 8.42 Å². The lowest BCUT2D eigenvalue weighted by Crippen LogP contribution is -2.50. The van der Waals surface area contributed by atoms with Crippen molar-refractivity contribution in [1.82, 2.24) is 10.2 Å². The number of hydrogen-bond donors (Lipinski definition) is 1. The van der Waals surface area contributed by atoms with Gasteiger partial charge >= 0.3 is 0 Å². The lowest BCUT2D eigenvalue weighted by Gasteiger charge is -2.32. The number of methoxy groups -OCH3 is 1. The van der Waals surface area contributed by atoms with Crippen molar-refractivity contribution >= 4 is 27.5 Å². The molecule has 0 saturated heterocycles. The average molecular weight is 538 g/mol. The number of ether oxygens (including phenoxy) is 1. The van der Waals surface area contributed by atoms with E-state index in [1.165, 1.54) is 24.1 Å². The molecule has 0 heterocycles. The molecule has 3 aromatic rings. The van der Waals surface area contributed by atoms with Gasteiger partial charge in [0, 0.05) is 13.6 Å². The van der Waals surface area contributed by atoms with Crippen molar-refractivity contribution in [3.8, 4) is 5.75 Å². The van der Waals surface area contributed by atoms with E-state index in [-0.39, 0.29) is 17.3 Å². The van der Waals surface area contributed by atoms with Gasteiger partial charge in [0.1, 0.15) is 18.3 Å². The minimum Gasteiger partial charge on any atom is -0.497 e. The van der Waals surface area contributed by atoms with Crippen LogP contribution in [0.15, 0.2) is 71.6 Å². The van der Waals surface area contributed by atoms with Gasteiger partial charge in [0.15, 0.2) is 0 Å². The topological polar surface area (TPSA) is 96.0 Å². The normalized spacial score (nSPS) is 11.9. The molecule has 1 atom stereocenters. The summed E-state index contributed by atoms with van der Waals surface area (Å²) >= 11 is 0. The van der Waals surface area contributed by atoms with E-state index in [2.05, 4.69) is 5.32 Å². The van der Waals surface area contributed by atoms with Crippen LogP contribution in [0, 0.1) is 20.8 Å². The van der Waals surface area contributed by atoms with E-state index in [4.69, 9.17) is 4.74 Å². The first kappa shape index (κ1) is 28.7. The molecule has 0 radical (unpaired) electrons. The Morgan fingerprint density at radius 3 is 2.21 bits per heavy atom. The lowest BCUT2D eigenvalue weighted by molar-refractivity contribution is -0.139. The van der Waals surface area contributed by atoms with E-state index in [1.807, 2.05) is 39.0 Å². The summed E-state index contributed by atoms with van der Waals surface area (Å²) in [5.74, 6) is -0.262. The molecule has 202 valence electrons. The number of likely N-dealkylation sites (N-methyl/N-ethyl adjacent to an activating group) is 1. The number of nitrogens with zero attached hydrogens (tertiary/aromatic N) is 2. The van der Waals surface area contributed by atoms with Crippen LogP contribution in [0.3, 0.4) is 0 Å². The summed E-state index contributed by atoms with van der Waals surface area (Å²) in [4.78, 5) is 27.9. The maximum absolute atomic E-state index is 13.9. The highest BCUT2D eigenvalue weighted by Crippen LogP contribution is 2.28. The van der Waals surface area contributed by atoms with Gasteiger partial charge in [-0.1, -0.05) is 47.5 Å². The summed E-state index contributed by atoms with van der Waals surface area (Å²) in [6, 6.07) is 18.2. The molecule has 8 nitrogen and oxygen atoms in total. The van der Waals surface area contributed by atoms with E-state index in [0.29, 0.717) is 17.0 Å². The fourth-order valence-electron chi connectivity index (χ4n) is 4.20. The number of nitrogens with one attached hydrogen (secondary N) is 1. The second-order valence-corrected chi connectivity index (χ2v) is 11.1. The molecule has 0 aliphatic carbocycles. The number of carbonyl (C=O) groups is 2. The van der Waals surface area contributed by atoms with Crippen LogP contribution < -0.4 is 14.4 Å². The zero-order chi connectivity index (χ0) is 28.0. The van der Waals surface area contributed by atoms with Crippen molar-refractivity contribution in [2.45, 2.75) is 45.2 Å². The van der Waals surface area contributed by atoms with Crippen molar-refractivity contribution < 1.29 is 22.7 Å². The van der Waals surface area contributed by atoms with Gasteiger partial charge in [-0.15, -0.1) is 0 Å². The molecule has 0 aliphatic rings. The van der Waals surface area contributed by atoms with E-state index in [0.717, 1.165) is 21.0 Å². The minimum atomic E-state index is -4.10. The second kappa shape index (κ2) is 12.1. The van der Waals surface area contributed by atoms with Crippen molar-refractivity contribution in [3.05, 3.63) is 89.0 Å². The predicted molar refractivity (Wildman–Crippen MR) is 149 cm³/mol.